The minimum atomic E-state index is -0.690. The Kier molecular flexibility index (Phi) is 6.90. The summed E-state index contributed by atoms with van der Waals surface area (Å²) in [5, 5.41) is 20.0. The van der Waals surface area contributed by atoms with E-state index >= 15 is 0 Å². The fourth-order valence-corrected chi connectivity index (χ4v) is 5.17. The van der Waals surface area contributed by atoms with E-state index in [0.717, 1.165) is 5.56 Å². The Morgan fingerprint density at radius 1 is 1.05 bits per heavy atom. The smallest absolute Gasteiger partial charge is 0.257 e. The second kappa shape index (κ2) is 10.3. The van der Waals surface area contributed by atoms with E-state index in [9.17, 15) is 24.3 Å². The van der Waals surface area contributed by atoms with E-state index in [2.05, 4.69) is 16.0 Å². The molecule has 1 spiro atoms. The lowest BCUT2D eigenvalue weighted by Crippen LogP contribution is -2.62. The molecule has 0 aliphatic carbocycles. The third-order valence-electron chi connectivity index (χ3n) is 7.39. The normalized spacial score (nSPS) is 17.7. The van der Waals surface area contributed by atoms with Crippen LogP contribution in [-0.2, 0) is 9.53 Å². The minimum absolute atomic E-state index is 0.0468. The summed E-state index contributed by atoms with van der Waals surface area (Å²) in [5.41, 5.74) is -0.372. The van der Waals surface area contributed by atoms with Gasteiger partial charge in [0.2, 0.25) is 5.91 Å². The standard InChI is InChI=1S/C28H30N4O6/c1-2-19(17-7-4-3-5-8-17)29-22-23(26(36)25(22)35)30-20-10-6-9-18(24(20)34)27(37)32-13-11-28(12-14-32)16-38-15-21(33)31-28/h3-10,19,29-30,34H,2,11-16H2,1H3,(H,31,33). The summed E-state index contributed by atoms with van der Waals surface area (Å²) >= 11 is 0. The van der Waals surface area contributed by atoms with Gasteiger partial charge in [-0.2, -0.15) is 0 Å². The van der Waals surface area contributed by atoms with Crippen LogP contribution < -0.4 is 26.8 Å². The summed E-state index contributed by atoms with van der Waals surface area (Å²) < 4.78 is 5.40. The highest BCUT2D eigenvalue weighted by atomic mass is 16.5. The van der Waals surface area contributed by atoms with E-state index in [0.29, 0.717) is 39.0 Å². The largest absolute Gasteiger partial charge is 0.505 e. The maximum Gasteiger partial charge on any atom is 0.257 e. The topological polar surface area (TPSA) is 137 Å². The van der Waals surface area contributed by atoms with Crippen LogP contribution in [0.5, 0.6) is 5.75 Å². The summed E-state index contributed by atoms with van der Waals surface area (Å²) in [4.78, 5) is 51.5. The predicted octanol–water partition coefficient (Wildman–Crippen LogP) is 2.42. The monoisotopic (exact) mass is 518 g/mol. The van der Waals surface area contributed by atoms with Crippen LogP contribution in [0.4, 0.5) is 17.1 Å². The third-order valence-corrected chi connectivity index (χ3v) is 7.39. The lowest BCUT2D eigenvalue weighted by Gasteiger charge is -2.44. The minimum Gasteiger partial charge on any atom is -0.505 e. The van der Waals surface area contributed by atoms with Gasteiger partial charge in [-0.1, -0.05) is 43.3 Å². The van der Waals surface area contributed by atoms with Crippen LogP contribution in [-0.4, -0.2) is 53.7 Å². The van der Waals surface area contributed by atoms with Gasteiger partial charge >= 0.3 is 0 Å². The Hall–Kier alpha value is -4.18. The van der Waals surface area contributed by atoms with Crippen molar-refractivity contribution >= 4 is 28.9 Å². The number of nitrogens with zero attached hydrogens (tertiary/aromatic N) is 1. The number of hydrogen-bond acceptors (Lipinski definition) is 8. The van der Waals surface area contributed by atoms with Gasteiger partial charge in [-0.05, 0) is 37.0 Å². The van der Waals surface area contributed by atoms with Crippen LogP contribution in [0.3, 0.4) is 0 Å². The molecule has 0 bridgehead atoms. The molecular formula is C28H30N4O6. The SMILES string of the molecule is CCC(Nc1c(Nc2cccc(C(=O)N3CCC4(CC3)COCC(=O)N4)c2O)c(=O)c1=O)c1ccccc1. The Bertz CT molecular complexity index is 1420. The van der Waals surface area contributed by atoms with Gasteiger partial charge in [0.25, 0.3) is 16.8 Å². The van der Waals surface area contributed by atoms with Crippen molar-refractivity contribution in [2.75, 3.05) is 36.9 Å². The number of morpholine rings is 1. The zero-order valence-corrected chi connectivity index (χ0v) is 21.1. The molecule has 0 aromatic heterocycles. The lowest BCUT2D eigenvalue weighted by molar-refractivity contribution is -0.137. The van der Waals surface area contributed by atoms with Crippen LogP contribution in [0, 0.1) is 0 Å². The Balaban J connectivity index is 1.31. The predicted molar refractivity (Wildman–Crippen MR) is 143 cm³/mol. The molecule has 4 N–H and O–H groups in total. The van der Waals surface area contributed by atoms with Crippen molar-refractivity contribution in [3.05, 3.63) is 80.1 Å². The number of piperidine rings is 1. The summed E-state index contributed by atoms with van der Waals surface area (Å²) in [6.07, 6.45) is 1.77. The van der Waals surface area contributed by atoms with E-state index in [-0.39, 0.29) is 52.8 Å². The molecule has 2 heterocycles. The molecule has 2 saturated heterocycles. The molecule has 10 nitrogen and oxygen atoms in total. The number of aromatic hydroxyl groups is 1. The first kappa shape index (κ1) is 25.5. The summed E-state index contributed by atoms with van der Waals surface area (Å²) in [5.74, 6) is -0.822. The van der Waals surface area contributed by atoms with Gasteiger partial charge in [0.05, 0.1) is 29.4 Å². The molecular weight excluding hydrogens is 488 g/mol. The number of carbonyl (C=O) groups is 2. The highest BCUT2D eigenvalue weighted by Crippen LogP contribution is 2.34. The molecule has 198 valence electrons. The molecule has 5 rings (SSSR count). The number of amides is 2. The van der Waals surface area contributed by atoms with E-state index in [1.165, 1.54) is 6.07 Å². The van der Waals surface area contributed by atoms with Gasteiger partial charge in [-0.15, -0.1) is 0 Å². The highest BCUT2D eigenvalue weighted by Gasteiger charge is 2.40. The Labute approximate surface area is 219 Å². The first-order valence-electron chi connectivity index (χ1n) is 12.7. The molecule has 1 unspecified atom stereocenters. The number of benzene rings is 2. The molecule has 2 aliphatic rings. The van der Waals surface area contributed by atoms with Gasteiger partial charge in [0.15, 0.2) is 5.75 Å². The summed E-state index contributed by atoms with van der Waals surface area (Å²) in [7, 11) is 0. The van der Waals surface area contributed by atoms with Crippen molar-refractivity contribution in [3.8, 4) is 5.75 Å². The average molecular weight is 519 g/mol. The van der Waals surface area contributed by atoms with E-state index < -0.39 is 16.4 Å². The average Bonchev–Trinajstić information content (AvgIpc) is 2.94. The first-order chi connectivity index (χ1) is 18.3. The van der Waals surface area contributed by atoms with Crippen LogP contribution in [0.25, 0.3) is 0 Å². The number of nitrogens with one attached hydrogen (secondary N) is 3. The van der Waals surface area contributed by atoms with Crippen LogP contribution >= 0.6 is 0 Å². The second-order valence-corrected chi connectivity index (χ2v) is 9.86. The number of rotatable bonds is 7. The summed E-state index contributed by atoms with van der Waals surface area (Å²) in [6, 6.07) is 14.1. The van der Waals surface area contributed by atoms with Gasteiger partial charge < -0.3 is 30.7 Å². The van der Waals surface area contributed by atoms with Crippen molar-refractivity contribution < 1.29 is 19.4 Å². The number of ether oxygens (including phenoxy) is 1. The number of phenolic OH excluding ortho intramolecular Hbond substituents is 1. The van der Waals surface area contributed by atoms with E-state index in [4.69, 9.17) is 4.74 Å². The molecule has 0 radical (unpaired) electrons. The van der Waals surface area contributed by atoms with Gasteiger partial charge in [0, 0.05) is 13.1 Å². The Morgan fingerprint density at radius 3 is 2.45 bits per heavy atom. The molecule has 3 aromatic rings. The van der Waals surface area contributed by atoms with Crippen LogP contribution in [0.15, 0.2) is 58.1 Å². The first-order valence-corrected chi connectivity index (χ1v) is 12.7. The lowest BCUT2D eigenvalue weighted by atomic mass is 9.87. The quantitative estimate of drug-likeness (QED) is 0.277. The fraction of sp³-hybridized carbons (Fsp3) is 0.357. The van der Waals surface area contributed by atoms with Gasteiger partial charge in [0.1, 0.15) is 18.0 Å². The zero-order valence-electron chi connectivity index (χ0n) is 21.1. The van der Waals surface area contributed by atoms with E-state index in [1.807, 2.05) is 37.3 Å². The Morgan fingerprint density at radius 2 is 1.76 bits per heavy atom. The van der Waals surface area contributed by atoms with Gasteiger partial charge in [-0.25, -0.2) is 0 Å². The number of phenols is 1. The molecule has 10 heteroatoms. The number of carbonyl (C=O) groups excluding carboxylic acids is 2. The van der Waals surface area contributed by atoms with Crippen molar-refractivity contribution in [2.45, 2.75) is 37.8 Å². The van der Waals surface area contributed by atoms with Crippen molar-refractivity contribution in [3.63, 3.8) is 0 Å². The van der Waals surface area contributed by atoms with Crippen molar-refractivity contribution in [2.24, 2.45) is 0 Å². The number of anilines is 3. The molecule has 2 fully saturated rings. The fourth-order valence-electron chi connectivity index (χ4n) is 5.17. The number of hydrogen-bond donors (Lipinski definition) is 4. The maximum atomic E-state index is 13.3. The molecule has 0 saturated carbocycles. The van der Waals surface area contributed by atoms with Gasteiger partial charge in [-0.3, -0.25) is 19.2 Å². The van der Waals surface area contributed by atoms with Crippen LogP contribution in [0.1, 0.15) is 48.1 Å². The number of likely N-dealkylation sites (tertiary alicyclic amines) is 1. The van der Waals surface area contributed by atoms with Crippen LogP contribution in [0.2, 0.25) is 0 Å². The zero-order chi connectivity index (χ0) is 26.9. The molecule has 3 aromatic carbocycles. The van der Waals surface area contributed by atoms with E-state index in [1.54, 1.807) is 17.0 Å². The van der Waals surface area contributed by atoms with Crippen molar-refractivity contribution in [1.29, 1.82) is 0 Å². The molecule has 1 atom stereocenters. The highest BCUT2D eigenvalue weighted by molar-refractivity contribution is 5.99. The number of para-hydroxylation sites is 1. The molecule has 2 aliphatic heterocycles. The summed E-state index contributed by atoms with van der Waals surface area (Å²) in [6.45, 7) is 3.22. The van der Waals surface area contributed by atoms with Crippen molar-refractivity contribution in [1.82, 2.24) is 10.2 Å². The third kappa shape index (κ3) is 4.74. The maximum absolute atomic E-state index is 13.3. The molecule has 38 heavy (non-hydrogen) atoms. The second-order valence-electron chi connectivity index (χ2n) is 9.86. The molecule has 2 amide bonds.